The average molecular weight is 310 g/mol. The van der Waals surface area contributed by atoms with Crippen LogP contribution in [0.2, 0.25) is 0 Å². The lowest BCUT2D eigenvalue weighted by atomic mass is 9.93. The van der Waals surface area contributed by atoms with E-state index in [1.54, 1.807) is 30.1 Å². The van der Waals surface area contributed by atoms with Crippen LogP contribution in [0.25, 0.3) is 0 Å². The number of amides is 2. The molecule has 5 nitrogen and oxygen atoms in total. The fourth-order valence-electron chi connectivity index (χ4n) is 2.38. The van der Waals surface area contributed by atoms with Crippen LogP contribution in [0, 0.1) is 0 Å². The Bertz CT molecular complexity index is 493. The third-order valence-corrected chi connectivity index (χ3v) is 4.98. The van der Waals surface area contributed by atoms with E-state index in [0.717, 1.165) is 17.7 Å². The SMILES string of the molecule is CCC(CC)(NC(=O)N(Cc1cccs1)C1CC1)C(=O)O. The Kier molecular flexibility index (Phi) is 4.88. The van der Waals surface area contributed by atoms with Crippen LogP contribution in [0.15, 0.2) is 17.5 Å². The molecule has 1 aromatic heterocycles. The van der Waals surface area contributed by atoms with Gasteiger partial charge in [0.1, 0.15) is 5.54 Å². The monoisotopic (exact) mass is 310 g/mol. The van der Waals surface area contributed by atoms with Crippen molar-refractivity contribution >= 4 is 23.3 Å². The van der Waals surface area contributed by atoms with E-state index in [-0.39, 0.29) is 12.1 Å². The van der Waals surface area contributed by atoms with E-state index >= 15 is 0 Å². The van der Waals surface area contributed by atoms with Gasteiger partial charge in [-0.05, 0) is 37.1 Å². The fraction of sp³-hybridized carbons (Fsp3) is 0.600. The molecule has 6 heteroatoms. The minimum Gasteiger partial charge on any atom is -0.480 e. The van der Waals surface area contributed by atoms with Crippen LogP contribution in [0.5, 0.6) is 0 Å². The maximum Gasteiger partial charge on any atom is 0.329 e. The van der Waals surface area contributed by atoms with Crippen LogP contribution >= 0.6 is 11.3 Å². The van der Waals surface area contributed by atoms with Crippen molar-refractivity contribution in [2.75, 3.05) is 0 Å². The molecule has 2 N–H and O–H groups in total. The average Bonchev–Trinajstić information content (AvgIpc) is 3.18. The Hall–Kier alpha value is -1.56. The summed E-state index contributed by atoms with van der Waals surface area (Å²) in [6.07, 6.45) is 2.75. The van der Waals surface area contributed by atoms with Gasteiger partial charge in [0.2, 0.25) is 0 Å². The standard InChI is InChI=1S/C15H22N2O3S/c1-3-15(4-2,13(18)19)16-14(20)17(11-7-8-11)10-12-6-5-9-21-12/h5-6,9,11H,3-4,7-8,10H2,1-2H3,(H,16,20)(H,18,19). The van der Waals surface area contributed by atoms with E-state index in [1.807, 2.05) is 17.5 Å². The van der Waals surface area contributed by atoms with Gasteiger partial charge >= 0.3 is 12.0 Å². The fourth-order valence-corrected chi connectivity index (χ4v) is 3.09. The Morgan fingerprint density at radius 2 is 2.10 bits per heavy atom. The number of carbonyl (C=O) groups is 2. The van der Waals surface area contributed by atoms with Gasteiger partial charge in [0.25, 0.3) is 0 Å². The summed E-state index contributed by atoms with van der Waals surface area (Å²) in [6.45, 7) is 4.13. The summed E-state index contributed by atoms with van der Waals surface area (Å²) in [4.78, 5) is 26.9. The zero-order valence-electron chi connectivity index (χ0n) is 12.5. The van der Waals surface area contributed by atoms with Gasteiger partial charge in [-0.2, -0.15) is 0 Å². The molecule has 0 unspecified atom stereocenters. The first-order valence-corrected chi connectivity index (χ1v) is 8.25. The maximum absolute atomic E-state index is 12.5. The van der Waals surface area contributed by atoms with E-state index in [2.05, 4.69) is 5.32 Å². The van der Waals surface area contributed by atoms with Gasteiger partial charge in [0.15, 0.2) is 0 Å². The van der Waals surface area contributed by atoms with E-state index in [9.17, 15) is 14.7 Å². The lowest BCUT2D eigenvalue weighted by molar-refractivity contribution is -0.144. The first-order valence-electron chi connectivity index (χ1n) is 7.37. The summed E-state index contributed by atoms with van der Waals surface area (Å²) in [5.74, 6) is -0.965. The first-order chi connectivity index (χ1) is 10.0. The summed E-state index contributed by atoms with van der Waals surface area (Å²) < 4.78 is 0. The molecule has 0 spiro atoms. The largest absolute Gasteiger partial charge is 0.480 e. The number of nitrogens with zero attached hydrogens (tertiary/aromatic N) is 1. The van der Waals surface area contributed by atoms with Crippen molar-refractivity contribution in [2.45, 2.75) is 57.7 Å². The number of carboxylic acids is 1. The molecule has 1 aliphatic carbocycles. The van der Waals surface area contributed by atoms with E-state index in [1.165, 1.54) is 0 Å². The Morgan fingerprint density at radius 1 is 1.43 bits per heavy atom. The number of rotatable bonds is 7. The molecule has 21 heavy (non-hydrogen) atoms. The Labute approximate surface area is 129 Å². The molecule has 0 aliphatic heterocycles. The predicted molar refractivity (Wildman–Crippen MR) is 82.4 cm³/mol. The van der Waals surface area contributed by atoms with Gasteiger partial charge in [-0.3, -0.25) is 0 Å². The topological polar surface area (TPSA) is 69.6 Å². The van der Waals surface area contributed by atoms with Crippen molar-refractivity contribution in [1.29, 1.82) is 0 Å². The molecule has 0 aromatic carbocycles. The van der Waals surface area contributed by atoms with Gasteiger partial charge in [-0.25, -0.2) is 9.59 Å². The normalized spacial score (nSPS) is 14.8. The Morgan fingerprint density at radius 3 is 2.52 bits per heavy atom. The second kappa shape index (κ2) is 6.47. The minimum atomic E-state index is -1.17. The zero-order chi connectivity index (χ0) is 15.5. The smallest absolute Gasteiger partial charge is 0.329 e. The van der Waals surface area contributed by atoms with Crippen molar-refractivity contribution in [2.24, 2.45) is 0 Å². The summed E-state index contributed by atoms with van der Waals surface area (Å²) in [6, 6.07) is 3.93. The molecule has 1 heterocycles. The molecule has 1 fully saturated rings. The predicted octanol–water partition coefficient (Wildman–Crippen LogP) is 3.07. The molecule has 2 rings (SSSR count). The molecule has 1 aromatic rings. The van der Waals surface area contributed by atoms with Gasteiger partial charge in [0, 0.05) is 10.9 Å². The molecular formula is C15H22N2O3S. The molecule has 1 saturated carbocycles. The van der Waals surface area contributed by atoms with Crippen molar-refractivity contribution in [3.63, 3.8) is 0 Å². The van der Waals surface area contributed by atoms with Crippen LogP contribution in [-0.4, -0.2) is 33.6 Å². The summed E-state index contributed by atoms with van der Waals surface area (Å²) in [5, 5.41) is 14.2. The lowest BCUT2D eigenvalue weighted by Crippen LogP contribution is -2.57. The van der Waals surface area contributed by atoms with Gasteiger partial charge < -0.3 is 15.3 Å². The number of nitrogens with one attached hydrogen (secondary N) is 1. The number of carbonyl (C=O) groups excluding carboxylic acids is 1. The number of carboxylic acid groups (broad SMARTS) is 1. The molecule has 0 bridgehead atoms. The number of urea groups is 1. The number of aliphatic carboxylic acids is 1. The van der Waals surface area contributed by atoms with E-state index < -0.39 is 11.5 Å². The second-order valence-electron chi connectivity index (χ2n) is 5.46. The number of hydrogen-bond donors (Lipinski definition) is 2. The molecule has 116 valence electrons. The highest BCUT2D eigenvalue weighted by atomic mass is 32.1. The van der Waals surface area contributed by atoms with Crippen molar-refractivity contribution in [3.05, 3.63) is 22.4 Å². The number of thiophene rings is 1. The lowest BCUT2D eigenvalue weighted by Gasteiger charge is -2.32. The minimum absolute atomic E-state index is 0.243. The van der Waals surface area contributed by atoms with Crippen LogP contribution < -0.4 is 5.32 Å². The zero-order valence-corrected chi connectivity index (χ0v) is 13.3. The van der Waals surface area contributed by atoms with Crippen molar-refractivity contribution < 1.29 is 14.7 Å². The van der Waals surface area contributed by atoms with Gasteiger partial charge in [0.05, 0.1) is 6.54 Å². The van der Waals surface area contributed by atoms with Crippen molar-refractivity contribution in [1.82, 2.24) is 10.2 Å². The molecule has 0 radical (unpaired) electrons. The highest BCUT2D eigenvalue weighted by Crippen LogP contribution is 2.30. The third-order valence-electron chi connectivity index (χ3n) is 4.12. The van der Waals surface area contributed by atoms with Crippen LogP contribution in [-0.2, 0) is 11.3 Å². The second-order valence-corrected chi connectivity index (χ2v) is 6.50. The van der Waals surface area contributed by atoms with Gasteiger partial charge in [-0.1, -0.05) is 19.9 Å². The highest BCUT2D eigenvalue weighted by Gasteiger charge is 2.40. The molecule has 0 atom stereocenters. The summed E-state index contributed by atoms with van der Waals surface area (Å²) in [5.41, 5.74) is -1.17. The van der Waals surface area contributed by atoms with Crippen molar-refractivity contribution in [3.8, 4) is 0 Å². The summed E-state index contributed by atoms with van der Waals surface area (Å²) in [7, 11) is 0. The maximum atomic E-state index is 12.5. The van der Waals surface area contributed by atoms with E-state index in [0.29, 0.717) is 19.4 Å². The molecular weight excluding hydrogens is 288 g/mol. The van der Waals surface area contributed by atoms with Crippen LogP contribution in [0.1, 0.15) is 44.4 Å². The third kappa shape index (κ3) is 3.56. The number of hydrogen-bond acceptors (Lipinski definition) is 3. The molecule has 1 aliphatic rings. The highest BCUT2D eigenvalue weighted by molar-refractivity contribution is 7.09. The van der Waals surface area contributed by atoms with E-state index in [4.69, 9.17) is 0 Å². The van der Waals surface area contributed by atoms with Gasteiger partial charge in [-0.15, -0.1) is 11.3 Å². The molecule has 0 saturated heterocycles. The summed E-state index contributed by atoms with van der Waals surface area (Å²) >= 11 is 1.61. The first kappa shape index (κ1) is 15.8. The van der Waals surface area contributed by atoms with Crippen LogP contribution in [0.3, 0.4) is 0 Å². The molecule has 2 amide bonds. The quantitative estimate of drug-likeness (QED) is 0.813. The Balaban J connectivity index is 2.09. The van der Waals surface area contributed by atoms with Crippen LogP contribution in [0.4, 0.5) is 4.79 Å².